The second-order valence-corrected chi connectivity index (χ2v) is 2.91. The van der Waals surface area contributed by atoms with Crippen LogP contribution in [0.1, 0.15) is 5.56 Å². The molecular formula is C9H10ClNO. The molecule has 0 aliphatic heterocycles. The van der Waals surface area contributed by atoms with Crippen LogP contribution in [0.5, 0.6) is 5.75 Å². The highest BCUT2D eigenvalue weighted by molar-refractivity contribution is 6.30. The average Bonchev–Trinajstić information content (AvgIpc) is 2.03. The third-order valence-electron chi connectivity index (χ3n) is 1.59. The topological polar surface area (TPSA) is 46.2 Å². The van der Waals surface area contributed by atoms with Crippen molar-refractivity contribution in [2.24, 2.45) is 5.73 Å². The Bertz CT molecular complexity index is 309. The number of hydrogen-bond acceptors (Lipinski definition) is 2. The van der Waals surface area contributed by atoms with E-state index in [9.17, 15) is 5.11 Å². The maximum Gasteiger partial charge on any atom is 0.124 e. The molecule has 2 nitrogen and oxygen atoms in total. The van der Waals surface area contributed by atoms with E-state index in [1.54, 1.807) is 12.1 Å². The molecule has 0 unspecified atom stereocenters. The number of phenolic OH excluding ortho intramolecular Hbond substituents is 1. The molecule has 0 amide bonds. The first-order chi connectivity index (χ1) is 5.65. The van der Waals surface area contributed by atoms with Gasteiger partial charge in [-0.3, -0.25) is 0 Å². The summed E-state index contributed by atoms with van der Waals surface area (Å²) in [6.45, 7) is 4.03. The first kappa shape index (κ1) is 9.10. The lowest BCUT2D eigenvalue weighted by Gasteiger charge is -2.05. The molecule has 1 aromatic rings. The van der Waals surface area contributed by atoms with E-state index >= 15 is 0 Å². The SMILES string of the molecule is C=C(CN)c1ccc(Cl)cc1O. The molecule has 0 atom stereocenters. The quantitative estimate of drug-likeness (QED) is 0.737. The summed E-state index contributed by atoms with van der Waals surface area (Å²) in [7, 11) is 0. The van der Waals surface area contributed by atoms with Gasteiger partial charge in [0.15, 0.2) is 0 Å². The zero-order valence-corrected chi connectivity index (χ0v) is 7.30. The minimum atomic E-state index is 0.123. The van der Waals surface area contributed by atoms with Gasteiger partial charge in [-0.15, -0.1) is 0 Å². The van der Waals surface area contributed by atoms with Crippen LogP contribution in [0.25, 0.3) is 5.57 Å². The number of aromatic hydroxyl groups is 1. The molecule has 1 rings (SSSR count). The highest BCUT2D eigenvalue weighted by atomic mass is 35.5. The maximum atomic E-state index is 9.39. The molecule has 0 spiro atoms. The molecule has 0 heterocycles. The van der Waals surface area contributed by atoms with E-state index < -0.39 is 0 Å². The van der Waals surface area contributed by atoms with Gasteiger partial charge in [0.05, 0.1) is 0 Å². The monoisotopic (exact) mass is 183 g/mol. The Morgan fingerprint density at radius 3 is 2.75 bits per heavy atom. The van der Waals surface area contributed by atoms with Crippen LogP contribution < -0.4 is 5.73 Å². The molecule has 0 bridgehead atoms. The standard InChI is InChI=1S/C9H10ClNO/c1-6(5-11)8-3-2-7(10)4-9(8)12/h2-4,12H,1,5,11H2. The Kier molecular flexibility index (Phi) is 2.74. The number of halogens is 1. The zero-order valence-electron chi connectivity index (χ0n) is 6.55. The van der Waals surface area contributed by atoms with Crippen molar-refractivity contribution >= 4 is 17.2 Å². The molecule has 1 aromatic carbocycles. The molecule has 0 aromatic heterocycles. The van der Waals surface area contributed by atoms with Gasteiger partial charge < -0.3 is 10.8 Å². The summed E-state index contributed by atoms with van der Waals surface area (Å²) in [5, 5.41) is 9.89. The van der Waals surface area contributed by atoms with Crippen molar-refractivity contribution in [1.29, 1.82) is 0 Å². The first-order valence-corrected chi connectivity index (χ1v) is 3.89. The molecule has 64 valence electrons. The van der Waals surface area contributed by atoms with Gasteiger partial charge in [0, 0.05) is 17.1 Å². The van der Waals surface area contributed by atoms with Gasteiger partial charge in [0.1, 0.15) is 5.75 Å². The van der Waals surface area contributed by atoms with Gasteiger partial charge in [-0.2, -0.15) is 0 Å². The van der Waals surface area contributed by atoms with Crippen LogP contribution >= 0.6 is 11.6 Å². The summed E-state index contributed by atoms with van der Waals surface area (Å²) in [6.07, 6.45) is 0. The van der Waals surface area contributed by atoms with Gasteiger partial charge in [0.2, 0.25) is 0 Å². The Morgan fingerprint density at radius 1 is 1.58 bits per heavy atom. The lowest BCUT2D eigenvalue weighted by molar-refractivity contribution is 0.473. The van der Waals surface area contributed by atoms with E-state index in [-0.39, 0.29) is 5.75 Å². The Balaban J connectivity index is 3.09. The van der Waals surface area contributed by atoms with Crippen molar-refractivity contribution in [2.45, 2.75) is 0 Å². The summed E-state index contributed by atoms with van der Waals surface area (Å²) < 4.78 is 0. The predicted octanol–water partition coefficient (Wildman–Crippen LogP) is 2.02. The third kappa shape index (κ3) is 1.78. The number of hydrogen-bond donors (Lipinski definition) is 2. The number of rotatable bonds is 2. The fourth-order valence-electron chi connectivity index (χ4n) is 0.914. The lowest BCUT2D eigenvalue weighted by atomic mass is 10.1. The molecule has 3 N–H and O–H groups in total. The minimum absolute atomic E-state index is 0.123. The Labute approximate surface area is 76.3 Å². The minimum Gasteiger partial charge on any atom is -0.507 e. The third-order valence-corrected chi connectivity index (χ3v) is 1.82. The fraction of sp³-hybridized carbons (Fsp3) is 0.111. The van der Waals surface area contributed by atoms with Crippen molar-refractivity contribution < 1.29 is 5.11 Å². The highest BCUT2D eigenvalue weighted by Gasteiger charge is 2.03. The summed E-state index contributed by atoms with van der Waals surface area (Å²) in [5.41, 5.74) is 6.72. The molecule has 0 aliphatic rings. The van der Waals surface area contributed by atoms with Crippen LogP contribution in [-0.4, -0.2) is 11.7 Å². The van der Waals surface area contributed by atoms with Crippen LogP contribution in [0, 0.1) is 0 Å². The predicted molar refractivity (Wildman–Crippen MR) is 51.2 cm³/mol. The average molecular weight is 184 g/mol. The van der Waals surface area contributed by atoms with E-state index in [0.717, 1.165) is 0 Å². The zero-order chi connectivity index (χ0) is 9.14. The molecular weight excluding hydrogens is 174 g/mol. The van der Waals surface area contributed by atoms with E-state index in [0.29, 0.717) is 22.7 Å². The van der Waals surface area contributed by atoms with Crippen molar-refractivity contribution in [3.8, 4) is 5.75 Å². The van der Waals surface area contributed by atoms with Crippen molar-refractivity contribution in [3.63, 3.8) is 0 Å². The van der Waals surface area contributed by atoms with Gasteiger partial charge in [-0.1, -0.05) is 18.2 Å². The van der Waals surface area contributed by atoms with Crippen LogP contribution in [-0.2, 0) is 0 Å². The summed E-state index contributed by atoms with van der Waals surface area (Å²) >= 11 is 5.64. The normalized spacial score (nSPS) is 9.83. The smallest absolute Gasteiger partial charge is 0.124 e. The van der Waals surface area contributed by atoms with E-state index in [4.69, 9.17) is 17.3 Å². The molecule has 0 radical (unpaired) electrons. The van der Waals surface area contributed by atoms with Gasteiger partial charge in [-0.05, 0) is 23.8 Å². The lowest BCUT2D eigenvalue weighted by Crippen LogP contribution is -2.00. The summed E-state index contributed by atoms with van der Waals surface area (Å²) in [6, 6.07) is 4.86. The summed E-state index contributed by atoms with van der Waals surface area (Å²) in [4.78, 5) is 0. The highest BCUT2D eigenvalue weighted by Crippen LogP contribution is 2.26. The second-order valence-electron chi connectivity index (χ2n) is 2.47. The Morgan fingerprint density at radius 2 is 2.25 bits per heavy atom. The van der Waals surface area contributed by atoms with Crippen LogP contribution in [0.2, 0.25) is 5.02 Å². The van der Waals surface area contributed by atoms with E-state index in [1.807, 2.05) is 0 Å². The molecule has 0 saturated heterocycles. The Hall–Kier alpha value is -0.990. The fourth-order valence-corrected chi connectivity index (χ4v) is 1.08. The second kappa shape index (κ2) is 3.61. The maximum absolute atomic E-state index is 9.39. The van der Waals surface area contributed by atoms with Crippen molar-refractivity contribution in [3.05, 3.63) is 35.4 Å². The molecule has 0 fully saturated rings. The van der Waals surface area contributed by atoms with Gasteiger partial charge in [-0.25, -0.2) is 0 Å². The molecule has 0 aliphatic carbocycles. The summed E-state index contributed by atoms with van der Waals surface area (Å²) in [5.74, 6) is 0.123. The number of nitrogens with two attached hydrogens (primary N) is 1. The van der Waals surface area contributed by atoms with E-state index in [2.05, 4.69) is 6.58 Å². The van der Waals surface area contributed by atoms with Gasteiger partial charge in [0.25, 0.3) is 0 Å². The van der Waals surface area contributed by atoms with Crippen molar-refractivity contribution in [2.75, 3.05) is 6.54 Å². The molecule has 0 saturated carbocycles. The van der Waals surface area contributed by atoms with Crippen LogP contribution in [0.4, 0.5) is 0 Å². The first-order valence-electron chi connectivity index (χ1n) is 3.52. The van der Waals surface area contributed by atoms with Crippen LogP contribution in [0.15, 0.2) is 24.8 Å². The molecule has 12 heavy (non-hydrogen) atoms. The number of phenols is 1. The van der Waals surface area contributed by atoms with E-state index in [1.165, 1.54) is 6.07 Å². The van der Waals surface area contributed by atoms with Gasteiger partial charge >= 0.3 is 0 Å². The number of benzene rings is 1. The van der Waals surface area contributed by atoms with Crippen molar-refractivity contribution in [1.82, 2.24) is 0 Å². The largest absolute Gasteiger partial charge is 0.507 e. The molecule has 3 heteroatoms. The van der Waals surface area contributed by atoms with Crippen LogP contribution in [0.3, 0.4) is 0 Å².